The average Bonchev–Trinajstić information content (AvgIpc) is 2.19. The lowest BCUT2D eigenvalue weighted by molar-refractivity contribution is -0.123. The van der Waals surface area contributed by atoms with Gasteiger partial charge in [0.2, 0.25) is 5.91 Å². The molecule has 1 aromatic carbocycles. The molecule has 0 spiro atoms. The van der Waals surface area contributed by atoms with Gasteiger partial charge >= 0.3 is 0 Å². The van der Waals surface area contributed by atoms with Crippen molar-refractivity contribution >= 4 is 23.2 Å². The topological polar surface area (TPSA) is 46.3 Å². The monoisotopic (exact) mass is 210 g/mol. The van der Waals surface area contributed by atoms with Crippen LogP contribution < -0.4 is 10.6 Å². The van der Waals surface area contributed by atoms with Crippen LogP contribution in [0.1, 0.15) is 5.56 Å². The molecule has 1 fully saturated rings. The van der Waals surface area contributed by atoms with Crippen molar-refractivity contribution in [3.05, 3.63) is 28.8 Å². The number of amides is 1. The summed E-state index contributed by atoms with van der Waals surface area (Å²) in [6.45, 7) is 2.47. The zero-order chi connectivity index (χ0) is 10.3. The van der Waals surface area contributed by atoms with Crippen LogP contribution >= 0.6 is 11.6 Å². The Bertz CT molecular complexity index is 392. The molecule has 1 unspecified atom stereocenters. The Morgan fingerprint density at radius 1 is 1.57 bits per heavy atom. The highest BCUT2D eigenvalue weighted by molar-refractivity contribution is 6.34. The summed E-state index contributed by atoms with van der Waals surface area (Å²) in [6, 6.07) is 5.27. The minimum atomic E-state index is -0.355. The minimum Gasteiger partial charge on any atom is -0.318 e. The van der Waals surface area contributed by atoms with E-state index in [2.05, 4.69) is 0 Å². The van der Waals surface area contributed by atoms with Gasteiger partial charge in [0.1, 0.15) is 6.04 Å². The molecule has 0 saturated carbocycles. The Kier molecular flexibility index (Phi) is 2.21. The Morgan fingerprint density at radius 3 is 2.86 bits per heavy atom. The SMILES string of the molecule is Cc1cccc(N2CC(N)C2=O)c1Cl. The van der Waals surface area contributed by atoms with Crippen molar-refractivity contribution in [1.82, 2.24) is 0 Å². The highest BCUT2D eigenvalue weighted by atomic mass is 35.5. The lowest BCUT2D eigenvalue weighted by atomic mass is 10.1. The van der Waals surface area contributed by atoms with E-state index < -0.39 is 0 Å². The lowest BCUT2D eigenvalue weighted by Crippen LogP contribution is -2.61. The molecule has 1 atom stereocenters. The zero-order valence-corrected chi connectivity index (χ0v) is 8.58. The van der Waals surface area contributed by atoms with Crippen molar-refractivity contribution in [1.29, 1.82) is 0 Å². The number of nitrogens with two attached hydrogens (primary N) is 1. The predicted octanol–water partition coefficient (Wildman–Crippen LogP) is 1.32. The number of carbonyl (C=O) groups excluding carboxylic acids is 1. The molecule has 0 bridgehead atoms. The number of nitrogens with zero attached hydrogens (tertiary/aromatic N) is 1. The number of halogens is 1. The summed E-state index contributed by atoms with van der Waals surface area (Å²) in [4.78, 5) is 13.0. The second-order valence-corrected chi connectivity index (χ2v) is 3.84. The summed E-state index contributed by atoms with van der Waals surface area (Å²) >= 11 is 6.08. The molecule has 1 aromatic rings. The number of hydrogen-bond donors (Lipinski definition) is 1. The van der Waals surface area contributed by atoms with Crippen LogP contribution in [0.2, 0.25) is 5.02 Å². The Hall–Kier alpha value is -1.06. The minimum absolute atomic E-state index is 0.0579. The number of hydrogen-bond acceptors (Lipinski definition) is 2. The normalized spacial score (nSPS) is 20.9. The van der Waals surface area contributed by atoms with E-state index >= 15 is 0 Å². The molecule has 1 saturated heterocycles. The second-order valence-electron chi connectivity index (χ2n) is 3.46. The van der Waals surface area contributed by atoms with Gasteiger partial charge in [0.15, 0.2) is 0 Å². The van der Waals surface area contributed by atoms with Crippen molar-refractivity contribution in [2.75, 3.05) is 11.4 Å². The number of β-lactam (4-membered cyclic amide) rings is 1. The third-order valence-electron chi connectivity index (χ3n) is 2.42. The number of rotatable bonds is 1. The molecule has 2 rings (SSSR count). The molecule has 0 aliphatic carbocycles. The fourth-order valence-corrected chi connectivity index (χ4v) is 1.74. The molecule has 1 aliphatic rings. The first-order chi connectivity index (χ1) is 6.61. The zero-order valence-electron chi connectivity index (χ0n) is 7.83. The van der Waals surface area contributed by atoms with Gasteiger partial charge in [-0.05, 0) is 18.6 Å². The molecule has 1 heterocycles. The largest absolute Gasteiger partial charge is 0.318 e. The average molecular weight is 211 g/mol. The van der Waals surface area contributed by atoms with Crippen molar-refractivity contribution in [3.8, 4) is 0 Å². The summed E-state index contributed by atoms with van der Waals surface area (Å²) in [6.07, 6.45) is 0. The number of benzene rings is 1. The maximum Gasteiger partial charge on any atom is 0.245 e. The van der Waals surface area contributed by atoms with E-state index in [4.69, 9.17) is 17.3 Å². The van der Waals surface area contributed by atoms with Crippen molar-refractivity contribution in [2.45, 2.75) is 13.0 Å². The van der Waals surface area contributed by atoms with Gasteiger partial charge in [-0.2, -0.15) is 0 Å². The van der Waals surface area contributed by atoms with Crippen LogP contribution in [0.5, 0.6) is 0 Å². The van der Waals surface area contributed by atoms with Crippen LogP contribution in [-0.2, 0) is 4.79 Å². The van der Waals surface area contributed by atoms with Gasteiger partial charge in [-0.1, -0.05) is 23.7 Å². The van der Waals surface area contributed by atoms with Gasteiger partial charge in [0.25, 0.3) is 0 Å². The standard InChI is InChI=1S/C10H11ClN2O/c1-6-3-2-4-8(9(6)11)13-5-7(12)10(13)14/h2-4,7H,5,12H2,1H3. The van der Waals surface area contributed by atoms with Gasteiger partial charge in [-0.3, -0.25) is 4.79 Å². The fraction of sp³-hybridized carbons (Fsp3) is 0.300. The van der Waals surface area contributed by atoms with E-state index in [0.717, 1.165) is 11.3 Å². The van der Waals surface area contributed by atoms with E-state index in [0.29, 0.717) is 11.6 Å². The van der Waals surface area contributed by atoms with Gasteiger partial charge in [-0.15, -0.1) is 0 Å². The summed E-state index contributed by atoms with van der Waals surface area (Å²) in [7, 11) is 0. The number of carbonyl (C=O) groups is 1. The Labute approximate surface area is 87.4 Å². The summed E-state index contributed by atoms with van der Waals surface area (Å²) in [5.41, 5.74) is 7.24. The quantitative estimate of drug-likeness (QED) is 0.711. The van der Waals surface area contributed by atoms with Gasteiger partial charge in [0, 0.05) is 0 Å². The van der Waals surface area contributed by atoms with Crippen LogP contribution in [0, 0.1) is 6.92 Å². The van der Waals surface area contributed by atoms with E-state index in [-0.39, 0.29) is 11.9 Å². The van der Waals surface area contributed by atoms with Gasteiger partial charge < -0.3 is 10.6 Å². The van der Waals surface area contributed by atoms with E-state index in [9.17, 15) is 4.79 Å². The molecular formula is C10H11ClN2O. The molecule has 1 aliphatic heterocycles. The van der Waals surface area contributed by atoms with E-state index in [1.807, 2.05) is 25.1 Å². The molecule has 0 radical (unpaired) electrons. The van der Waals surface area contributed by atoms with Crippen molar-refractivity contribution in [2.24, 2.45) is 5.73 Å². The van der Waals surface area contributed by atoms with Gasteiger partial charge in [0.05, 0.1) is 17.3 Å². The molecular weight excluding hydrogens is 200 g/mol. The smallest absolute Gasteiger partial charge is 0.245 e. The van der Waals surface area contributed by atoms with Crippen LogP contribution in [0.15, 0.2) is 18.2 Å². The van der Waals surface area contributed by atoms with E-state index in [1.165, 1.54) is 0 Å². The summed E-state index contributed by atoms with van der Waals surface area (Å²) in [5, 5.41) is 0.632. The van der Waals surface area contributed by atoms with Gasteiger partial charge in [-0.25, -0.2) is 0 Å². The third-order valence-corrected chi connectivity index (χ3v) is 2.92. The highest BCUT2D eigenvalue weighted by Crippen LogP contribution is 2.31. The number of anilines is 1. The van der Waals surface area contributed by atoms with Crippen molar-refractivity contribution < 1.29 is 4.79 Å². The molecule has 74 valence electrons. The second kappa shape index (κ2) is 3.26. The van der Waals surface area contributed by atoms with Crippen molar-refractivity contribution in [3.63, 3.8) is 0 Å². The number of aryl methyl sites for hydroxylation is 1. The Balaban J connectivity index is 2.34. The summed E-state index contributed by atoms with van der Waals surface area (Å²) in [5.74, 6) is -0.0579. The Morgan fingerprint density at radius 2 is 2.29 bits per heavy atom. The van der Waals surface area contributed by atoms with Crippen LogP contribution in [0.3, 0.4) is 0 Å². The first kappa shape index (κ1) is 9.49. The van der Waals surface area contributed by atoms with Crippen LogP contribution in [0.25, 0.3) is 0 Å². The predicted molar refractivity (Wildman–Crippen MR) is 56.5 cm³/mol. The summed E-state index contributed by atoms with van der Waals surface area (Å²) < 4.78 is 0. The molecule has 14 heavy (non-hydrogen) atoms. The maximum absolute atomic E-state index is 11.4. The lowest BCUT2D eigenvalue weighted by Gasteiger charge is -2.36. The van der Waals surface area contributed by atoms with E-state index in [1.54, 1.807) is 4.90 Å². The first-order valence-electron chi connectivity index (χ1n) is 4.43. The fourth-order valence-electron chi connectivity index (χ4n) is 1.51. The molecule has 1 amide bonds. The molecule has 0 aromatic heterocycles. The maximum atomic E-state index is 11.4. The molecule has 2 N–H and O–H groups in total. The van der Waals surface area contributed by atoms with Crippen LogP contribution in [0.4, 0.5) is 5.69 Å². The molecule has 4 heteroatoms. The highest BCUT2D eigenvalue weighted by Gasteiger charge is 2.35. The first-order valence-corrected chi connectivity index (χ1v) is 4.81. The van der Waals surface area contributed by atoms with Crippen LogP contribution in [-0.4, -0.2) is 18.5 Å². The third kappa shape index (κ3) is 1.29. The molecule has 3 nitrogen and oxygen atoms in total.